The zero-order valence-corrected chi connectivity index (χ0v) is 16.5. The number of hydrogen-bond donors (Lipinski definition) is 1. The number of nitrogens with two attached hydrogens (primary N) is 1. The molecule has 0 aliphatic carbocycles. The molecule has 3 aromatic rings. The molecular formula is C20H20F2N2O3S. The van der Waals surface area contributed by atoms with Gasteiger partial charge in [-0.1, -0.05) is 13.8 Å². The summed E-state index contributed by atoms with van der Waals surface area (Å²) in [7, 11) is 1.59. The summed E-state index contributed by atoms with van der Waals surface area (Å²) in [5.41, 5.74) is 5.65. The first-order valence-corrected chi connectivity index (χ1v) is 9.37. The Morgan fingerprint density at radius 3 is 2.43 bits per heavy atom. The number of nitrogens with zero attached hydrogens (tertiary/aromatic N) is 1. The number of carbonyl (C=O) groups is 1. The van der Waals surface area contributed by atoms with Crippen LogP contribution in [0.2, 0.25) is 0 Å². The largest absolute Gasteiger partial charge is 0.497 e. The van der Waals surface area contributed by atoms with E-state index < -0.39 is 23.1 Å². The maximum absolute atomic E-state index is 14.1. The van der Waals surface area contributed by atoms with Gasteiger partial charge in [-0.15, -0.1) is 11.3 Å². The van der Waals surface area contributed by atoms with Gasteiger partial charge in [0.05, 0.1) is 12.8 Å². The molecule has 0 bridgehead atoms. The predicted octanol–water partition coefficient (Wildman–Crippen LogP) is 4.80. The number of rotatable bonds is 6. The second kappa shape index (κ2) is 9.80. The third-order valence-electron chi connectivity index (χ3n) is 3.57. The first kappa shape index (κ1) is 21.3. The van der Waals surface area contributed by atoms with Crippen LogP contribution in [0.1, 0.15) is 29.9 Å². The Hall–Kier alpha value is -3.00. The Bertz CT molecular complexity index is 943. The van der Waals surface area contributed by atoms with Crippen LogP contribution in [0.3, 0.4) is 0 Å². The van der Waals surface area contributed by atoms with Gasteiger partial charge < -0.3 is 15.2 Å². The van der Waals surface area contributed by atoms with Gasteiger partial charge in [0.2, 0.25) is 0 Å². The van der Waals surface area contributed by atoms with E-state index in [1.165, 1.54) is 11.3 Å². The summed E-state index contributed by atoms with van der Waals surface area (Å²) in [6.07, 6.45) is 0. The van der Waals surface area contributed by atoms with Crippen molar-refractivity contribution in [2.24, 2.45) is 5.73 Å². The van der Waals surface area contributed by atoms with Gasteiger partial charge in [0.25, 0.3) is 5.91 Å². The van der Waals surface area contributed by atoms with Gasteiger partial charge in [0.15, 0.2) is 11.6 Å². The molecule has 0 fully saturated rings. The second-order valence-electron chi connectivity index (χ2n) is 5.26. The van der Waals surface area contributed by atoms with Gasteiger partial charge in [-0.3, -0.25) is 4.79 Å². The second-order valence-corrected chi connectivity index (χ2v) is 6.12. The summed E-state index contributed by atoms with van der Waals surface area (Å²) in [4.78, 5) is 15.6. The van der Waals surface area contributed by atoms with E-state index in [4.69, 9.17) is 15.2 Å². The number of primary amides is 1. The zero-order chi connectivity index (χ0) is 20.7. The monoisotopic (exact) mass is 406 g/mol. The van der Waals surface area contributed by atoms with Crippen LogP contribution in [-0.2, 0) is 6.61 Å². The molecule has 0 spiro atoms. The van der Waals surface area contributed by atoms with Crippen LogP contribution in [0.25, 0.3) is 10.6 Å². The lowest BCUT2D eigenvalue weighted by atomic mass is 10.1. The third-order valence-corrected chi connectivity index (χ3v) is 4.51. The summed E-state index contributed by atoms with van der Waals surface area (Å²) >= 11 is 1.41. The van der Waals surface area contributed by atoms with Crippen molar-refractivity contribution in [3.63, 3.8) is 0 Å². The molecule has 0 saturated heterocycles. The third kappa shape index (κ3) is 4.83. The van der Waals surface area contributed by atoms with E-state index >= 15 is 0 Å². The molecule has 0 aliphatic heterocycles. The Morgan fingerprint density at radius 1 is 1.14 bits per heavy atom. The minimum Gasteiger partial charge on any atom is -0.497 e. The molecule has 1 amide bonds. The highest BCUT2D eigenvalue weighted by molar-refractivity contribution is 7.13. The number of aromatic nitrogens is 1. The molecule has 0 saturated carbocycles. The Balaban J connectivity index is 0.00000136. The van der Waals surface area contributed by atoms with Crippen molar-refractivity contribution in [3.8, 4) is 22.1 Å². The summed E-state index contributed by atoms with van der Waals surface area (Å²) in [6.45, 7) is 3.97. The fourth-order valence-electron chi connectivity index (χ4n) is 2.26. The van der Waals surface area contributed by atoms with Gasteiger partial charge in [-0.05, 0) is 36.4 Å². The molecule has 0 atom stereocenters. The van der Waals surface area contributed by atoms with Crippen LogP contribution in [0.5, 0.6) is 11.5 Å². The first-order chi connectivity index (χ1) is 13.5. The topological polar surface area (TPSA) is 74.4 Å². The lowest BCUT2D eigenvalue weighted by Gasteiger charge is -2.08. The van der Waals surface area contributed by atoms with E-state index in [1.807, 2.05) is 38.1 Å². The van der Waals surface area contributed by atoms with Crippen molar-refractivity contribution in [1.29, 1.82) is 0 Å². The molecule has 2 N–H and O–H groups in total. The summed E-state index contributed by atoms with van der Waals surface area (Å²) < 4.78 is 38.0. The molecule has 0 radical (unpaired) electrons. The van der Waals surface area contributed by atoms with Gasteiger partial charge in [-0.2, -0.15) is 0 Å². The Kier molecular flexibility index (Phi) is 7.45. The molecular weight excluding hydrogens is 386 g/mol. The Morgan fingerprint density at radius 2 is 1.82 bits per heavy atom. The van der Waals surface area contributed by atoms with E-state index in [1.54, 1.807) is 12.5 Å². The van der Waals surface area contributed by atoms with Crippen molar-refractivity contribution in [3.05, 3.63) is 64.7 Å². The highest BCUT2D eigenvalue weighted by atomic mass is 32.1. The molecule has 1 heterocycles. The minimum absolute atomic E-state index is 0.0343. The molecule has 3 rings (SSSR count). The van der Waals surface area contributed by atoms with E-state index in [2.05, 4.69) is 4.98 Å². The fourth-order valence-corrected chi connectivity index (χ4v) is 3.07. The summed E-state index contributed by atoms with van der Waals surface area (Å²) in [6, 6.07) is 9.44. The number of carbonyl (C=O) groups excluding carboxylic acids is 1. The van der Waals surface area contributed by atoms with Crippen molar-refractivity contribution >= 4 is 17.2 Å². The summed E-state index contributed by atoms with van der Waals surface area (Å²) in [5.74, 6) is -2.87. The maximum Gasteiger partial charge on any atom is 0.254 e. The highest BCUT2D eigenvalue weighted by Gasteiger charge is 2.19. The Labute approximate surface area is 165 Å². The fraction of sp³-hybridized carbons (Fsp3) is 0.200. The predicted molar refractivity (Wildman–Crippen MR) is 105 cm³/mol. The molecule has 148 valence electrons. The van der Waals surface area contributed by atoms with E-state index in [-0.39, 0.29) is 12.4 Å². The number of thiazole rings is 1. The lowest BCUT2D eigenvalue weighted by Crippen LogP contribution is -2.16. The van der Waals surface area contributed by atoms with Crippen LogP contribution in [0, 0.1) is 11.6 Å². The maximum atomic E-state index is 14.1. The van der Waals surface area contributed by atoms with Gasteiger partial charge in [-0.25, -0.2) is 13.8 Å². The number of hydrogen-bond acceptors (Lipinski definition) is 5. The number of ether oxygens (including phenoxy) is 2. The zero-order valence-electron chi connectivity index (χ0n) is 15.7. The van der Waals surface area contributed by atoms with E-state index in [0.717, 1.165) is 28.5 Å². The van der Waals surface area contributed by atoms with Crippen LogP contribution in [0.15, 0.2) is 41.8 Å². The van der Waals surface area contributed by atoms with Crippen LogP contribution >= 0.6 is 11.3 Å². The van der Waals surface area contributed by atoms with E-state index in [0.29, 0.717) is 5.69 Å². The van der Waals surface area contributed by atoms with Crippen LogP contribution in [0.4, 0.5) is 8.78 Å². The van der Waals surface area contributed by atoms with Crippen LogP contribution < -0.4 is 15.2 Å². The highest BCUT2D eigenvalue weighted by Crippen LogP contribution is 2.27. The molecule has 5 nitrogen and oxygen atoms in total. The van der Waals surface area contributed by atoms with Crippen molar-refractivity contribution in [1.82, 2.24) is 4.98 Å². The van der Waals surface area contributed by atoms with Crippen molar-refractivity contribution in [2.75, 3.05) is 7.11 Å². The summed E-state index contributed by atoms with van der Waals surface area (Å²) in [5, 5.41) is 2.54. The molecule has 28 heavy (non-hydrogen) atoms. The average Bonchev–Trinajstić information content (AvgIpc) is 3.18. The van der Waals surface area contributed by atoms with Gasteiger partial charge >= 0.3 is 0 Å². The number of benzene rings is 2. The SMILES string of the molecule is CC.COc1ccc(-c2nc(COc3ccc(F)c(C(N)=O)c3F)cs2)cc1. The molecule has 2 aromatic carbocycles. The van der Waals surface area contributed by atoms with Crippen molar-refractivity contribution in [2.45, 2.75) is 20.5 Å². The quantitative estimate of drug-likeness (QED) is 0.638. The first-order valence-electron chi connectivity index (χ1n) is 8.49. The molecule has 8 heteroatoms. The molecule has 0 unspecified atom stereocenters. The number of methoxy groups -OCH3 is 1. The molecule has 1 aromatic heterocycles. The van der Waals surface area contributed by atoms with Crippen LogP contribution in [-0.4, -0.2) is 18.0 Å². The number of halogens is 2. The van der Waals surface area contributed by atoms with Gasteiger partial charge in [0.1, 0.15) is 28.7 Å². The average molecular weight is 406 g/mol. The standard InChI is InChI=1S/C18H14F2N2O3S.C2H6/c1-24-12-4-2-10(3-5-12)18-22-11(9-26-18)8-25-14-7-6-13(19)15(16(14)20)17(21)23;1-2/h2-7,9H,8H2,1H3,(H2,21,23);1-2H3. The minimum atomic E-state index is -1.19. The van der Waals surface area contributed by atoms with Crippen molar-refractivity contribution < 1.29 is 23.0 Å². The molecule has 0 aliphatic rings. The van der Waals surface area contributed by atoms with Gasteiger partial charge in [0, 0.05) is 10.9 Å². The normalized spacial score (nSPS) is 10.0. The number of amides is 1. The lowest BCUT2D eigenvalue weighted by molar-refractivity contribution is 0.0991. The smallest absolute Gasteiger partial charge is 0.254 e. The van der Waals surface area contributed by atoms with E-state index in [9.17, 15) is 13.6 Å².